The molecule has 1 aromatic heterocycles. The molecule has 4 rings (SSSR count). The second-order valence-electron chi connectivity index (χ2n) is 4.28. The predicted molar refractivity (Wildman–Crippen MR) is 75.2 cm³/mol. The van der Waals surface area contributed by atoms with Crippen LogP contribution in [-0.2, 0) is 0 Å². The van der Waals surface area contributed by atoms with E-state index < -0.39 is 0 Å². The third kappa shape index (κ3) is 1.18. The van der Waals surface area contributed by atoms with Crippen molar-refractivity contribution in [2.45, 2.75) is 0 Å². The van der Waals surface area contributed by atoms with Crippen LogP contribution < -0.4 is 0 Å². The Morgan fingerprint density at radius 3 is 2.67 bits per heavy atom. The van der Waals surface area contributed by atoms with E-state index in [0.717, 1.165) is 5.69 Å². The lowest BCUT2D eigenvalue weighted by Gasteiger charge is -2.09. The molecular weight excluding hydrogens is 242 g/mol. The number of benzene rings is 2. The molecule has 0 radical (unpaired) electrons. The molecule has 2 aromatic carbocycles. The molecular formula is C14H9N3S. The number of hydrogen-bond acceptors (Lipinski definition) is 2. The topological polar surface area (TPSA) is 33.6 Å². The average Bonchev–Trinajstić information content (AvgIpc) is 2.99. The maximum absolute atomic E-state index is 5.22. The van der Waals surface area contributed by atoms with Crippen LogP contribution in [0.4, 0.5) is 0 Å². The van der Waals surface area contributed by atoms with Crippen LogP contribution >= 0.6 is 12.2 Å². The molecule has 1 heterocycles. The fourth-order valence-electron chi connectivity index (χ4n) is 2.53. The molecule has 3 nitrogen and oxygen atoms in total. The summed E-state index contributed by atoms with van der Waals surface area (Å²) in [6.45, 7) is 0. The number of nitrogens with zero attached hydrogens (tertiary/aromatic N) is 2. The van der Waals surface area contributed by atoms with Gasteiger partial charge in [-0.1, -0.05) is 36.4 Å². The summed E-state index contributed by atoms with van der Waals surface area (Å²) in [5.41, 5.74) is 3.56. The second kappa shape index (κ2) is 3.40. The van der Waals surface area contributed by atoms with Crippen molar-refractivity contribution in [2.75, 3.05) is 0 Å². The Bertz CT molecular complexity index is 843. The molecule has 0 saturated heterocycles. The molecule has 0 atom stereocenters. The SMILES string of the molecule is S=c1nc[nH]n1-c1ccc2c3c(cccc13)C=C2. The van der Waals surface area contributed by atoms with Gasteiger partial charge in [0, 0.05) is 5.39 Å². The van der Waals surface area contributed by atoms with Crippen molar-refractivity contribution < 1.29 is 0 Å². The lowest BCUT2D eigenvalue weighted by molar-refractivity contribution is 0.873. The van der Waals surface area contributed by atoms with Gasteiger partial charge in [-0.2, -0.15) is 0 Å². The molecule has 0 bridgehead atoms. The minimum absolute atomic E-state index is 0.543. The molecule has 0 unspecified atom stereocenters. The highest BCUT2D eigenvalue weighted by molar-refractivity contribution is 7.71. The van der Waals surface area contributed by atoms with Crippen LogP contribution in [0.3, 0.4) is 0 Å². The minimum Gasteiger partial charge on any atom is -0.281 e. The van der Waals surface area contributed by atoms with Crippen LogP contribution in [0.15, 0.2) is 36.7 Å². The van der Waals surface area contributed by atoms with Crippen LogP contribution in [0.25, 0.3) is 28.6 Å². The van der Waals surface area contributed by atoms with Crippen LogP contribution in [0.5, 0.6) is 0 Å². The first-order valence-electron chi connectivity index (χ1n) is 5.71. The first-order valence-corrected chi connectivity index (χ1v) is 6.12. The van der Waals surface area contributed by atoms with Gasteiger partial charge in [0.15, 0.2) is 0 Å². The fraction of sp³-hybridized carbons (Fsp3) is 0. The van der Waals surface area contributed by atoms with Crippen molar-refractivity contribution in [3.8, 4) is 5.69 Å². The summed E-state index contributed by atoms with van der Waals surface area (Å²) in [6, 6.07) is 10.5. The van der Waals surface area contributed by atoms with E-state index in [9.17, 15) is 0 Å². The van der Waals surface area contributed by atoms with E-state index in [1.54, 1.807) is 6.33 Å². The summed E-state index contributed by atoms with van der Waals surface area (Å²) in [5.74, 6) is 0. The lowest BCUT2D eigenvalue weighted by Crippen LogP contribution is -1.98. The Labute approximate surface area is 108 Å². The molecule has 0 amide bonds. The summed E-state index contributed by atoms with van der Waals surface area (Å²) >= 11 is 5.22. The molecule has 0 aliphatic heterocycles. The van der Waals surface area contributed by atoms with Crippen molar-refractivity contribution in [1.29, 1.82) is 0 Å². The number of aromatic amines is 1. The van der Waals surface area contributed by atoms with E-state index in [2.05, 4.69) is 52.6 Å². The van der Waals surface area contributed by atoms with Gasteiger partial charge in [0.25, 0.3) is 0 Å². The molecule has 3 aromatic rings. The predicted octanol–water partition coefficient (Wildman–Crippen LogP) is 3.57. The molecule has 18 heavy (non-hydrogen) atoms. The molecule has 0 spiro atoms. The monoisotopic (exact) mass is 251 g/mol. The number of hydrogen-bond donors (Lipinski definition) is 1. The quantitative estimate of drug-likeness (QED) is 0.525. The fourth-order valence-corrected chi connectivity index (χ4v) is 2.73. The number of nitrogens with one attached hydrogen (secondary N) is 1. The van der Waals surface area contributed by atoms with Crippen molar-refractivity contribution in [1.82, 2.24) is 14.8 Å². The zero-order valence-corrected chi connectivity index (χ0v) is 10.2. The highest BCUT2D eigenvalue weighted by Gasteiger charge is 2.12. The van der Waals surface area contributed by atoms with Gasteiger partial charge in [-0.15, -0.1) is 0 Å². The zero-order chi connectivity index (χ0) is 12.1. The highest BCUT2D eigenvalue weighted by atomic mass is 32.1. The molecule has 4 heteroatoms. The van der Waals surface area contributed by atoms with Gasteiger partial charge in [-0.05, 0) is 34.8 Å². The van der Waals surface area contributed by atoms with Crippen molar-refractivity contribution >= 4 is 35.1 Å². The van der Waals surface area contributed by atoms with E-state index in [0.29, 0.717) is 4.77 Å². The lowest BCUT2D eigenvalue weighted by atomic mass is 10.0. The van der Waals surface area contributed by atoms with Gasteiger partial charge in [0.05, 0.1) is 5.69 Å². The van der Waals surface area contributed by atoms with E-state index in [4.69, 9.17) is 12.2 Å². The average molecular weight is 251 g/mol. The van der Waals surface area contributed by atoms with E-state index in [1.807, 2.05) is 4.68 Å². The van der Waals surface area contributed by atoms with Crippen LogP contribution in [-0.4, -0.2) is 14.8 Å². The normalized spacial score (nSPS) is 12.4. The molecule has 1 N–H and O–H groups in total. The van der Waals surface area contributed by atoms with Crippen LogP contribution in [0.2, 0.25) is 0 Å². The van der Waals surface area contributed by atoms with Crippen LogP contribution in [0.1, 0.15) is 11.1 Å². The summed E-state index contributed by atoms with van der Waals surface area (Å²) in [7, 11) is 0. The van der Waals surface area contributed by atoms with Gasteiger partial charge >= 0.3 is 0 Å². The molecule has 1 aliphatic carbocycles. The Hall–Kier alpha value is -2.20. The summed E-state index contributed by atoms with van der Waals surface area (Å²) in [6.07, 6.45) is 5.91. The highest BCUT2D eigenvalue weighted by Crippen LogP contribution is 2.34. The van der Waals surface area contributed by atoms with Gasteiger partial charge in [-0.25, -0.2) is 9.67 Å². The summed E-state index contributed by atoms with van der Waals surface area (Å²) in [4.78, 5) is 4.07. The maximum Gasteiger partial charge on any atom is 0.220 e. The molecule has 1 aliphatic rings. The first kappa shape index (κ1) is 9.79. The Morgan fingerprint density at radius 2 is 1.89 bits per heavy atom. The third-order valence-corrected chi connectivity index (χ3v) is 3.61. The zero-order valence-electron chi connectivity index (χ0n) is 9.42. The van der Waals surface area contributed by atoms with Crippen LogP contribution in [0, 0.1) is 4.77 Å². The maximum atomic E-state index is 5.22. The Balaban J connectivity index is 2.17. The largest absolute Gasteiger partial charge is 0.281 e. The Kier molecular flexibility index (Phi) is 1.85. The summed E-state index contributed by atoms with van der Waals surface area (Å²) in [5, 5.41) is 5.53. The summed E-state index contributed by atoms with van der Waals surface area (Å²) < 4.78 is 2.37. The first-order chi connectivity index (χ1) is 8.84. The third-order valence-electron chi connectivity index (χ3n) is 3.32. The number of H-pyrrole nitrogens is 1. The van der Waals surface area contributed by atoms with Gasteiger partial charge < -0.3 is 0 Å². The standard InChI is InChI=1S/C14H9N3S/c18-14-15-8-16-17(14)12-7-6-10-5-4-9-2-1-3-11(12)13(9)10/h1-8H,(H,15,16,18). The van der Waals surface area contributed by atoms with Crippen molar-refractivity contribution in [2.24, 2.45) is 0 Å². The van der Waals surface area contributed by atoms with E-state index >= 15 is 0 Å². The van der Waals surface area contributed by atoms with Gasteiger partial charge in [0.2, 0.25) is 4.77 Å². The van der Waals surface area contributed by atoms with Gasteiger partial charge in [-0.3, -0.25) is 5.10 Å². The smallest absolute Gasteiger partial charge is 0.220 e. The van der Waals surface area contributed by atoms with E-state index in [1.165, 1.54) is 21.9 Å². The Morgan fingerprint density at radius 1 is 1.06 bits per heavy atom. The van der Waals surface area contributed by atoms with E-state index in [-0.39, 0.29) is 0 Å². The second-order valence-corrected chi connectivity index (χ2v) is 4.65. The number of rotatable bonds is 1. The minimum atomic E-state index is 0.543. The van der Waals surface area contributed by atoms with Crippen molar-refractivity contribution in [3.05, 3.63) is 52.6 Å². The molecule has 86 valence electrons. The molecule has 0 fully saturated rings. The number of aromatic nitrogens is 3. The van der Waals surface area contributed by atoms with Crippen molar-refractivity contribution in [3.63, 3.8) is 0 Å². The molecule has 0 saturated carbocycles. The van der Waals surface area contributed by atoms with Gasteiger partial charge in [0.1, 0.15) is 6.33 Å².